The fraction of sp³-hybridized carbons (Fsp3) is 0.500. The van der Waals surface area contributed by atoms with Gasteiger partial charge in [-0.15, -0.1) is 0 Å². The molecule has 0 spiro atoms. The van der Waals surface area contributed by atoms with E-state index in [4.69, 9.17) is 5.11 Å². The molecule has 0 bridgehead atoms. The van der Waals surface area contributed by atoms with E-state index in [0.29, 0.717) is 13.1 Å². The quantitative estimate of drug-likeness (QED) is 0.686. The molecule has 1 aromatic heterocycles. The Labute approximate surface area is 104 Å². The second-order valence-corrected chi connectivity index (χ2v) is 4.54. The third kappa shape index (κ3) is 2.70. The molecule has 0 saturated carbocycles. The van der Waals surface area contributed by atoms with Crippen molar-refractivity contribution < 1.29 is 15.0 Å². The number of pyridine rings is 1. The summed E-state index contributed by atoms with van der Waals surface area (Å²) in [6, 6.07) is 2.43. The van der Waals surface area contributed by atoms with E-state index in [9.17, 15) is 14.7 Å². The highest BCUT2D eigenvalue weighted by Gasteiger charge is 2.23. The lowest BCUT2D eigenvalue weighted by Gasteiger charge is -2.31. The van der Waals surface area contributed by atoms with Crippen LogP contribution in [0, 0.1) is 5.92 Å². The minimum atomic E-state index is -0.497. The van der Waals surface area contributed by atoms with Crippen molar-refractivity contribution in [2.24, 2.45) is 5.92 Å². The summed E-state index contributed by atoms with van der Waals surface area (Å²) >= 11 is 0. The zero-order valence-corrected chi connectivity index (χ0v) is 9.93. The number of H-pyrrole nitrogens is 1. The number of carbonyl (C=O) groups is 1. The van der Waals surface area contributed by atoms with Gasteiger partial charge in [0.1, 0.15) is 0 Å². The number of likely N-dealkylation sites (tertiary alicyclic amines) is 1. The number of carbonyl (C=O) groups excluding carboxylic acids is 1. The van der Waals surface area contributed by atoms with E-state index in [2.05, 4.69) is 4.98 Å². The van der Waals surface area contributed by atoms with Gasteiger partial charge in [0, 0.05) is 31.8 Å². The van der Waals surface area contributed by atoms with Crippen molar-refractivity contribution in [1.82, 2.24) is 9.88 Å². The van der Waals surface area contributed by atoms with Crippen LogP contribution in [-0.4, -0.2) is 45.7 Å². The number of aromatic nitrogens is 1. The number of aliphatic hydroxyl groups is 1. The highest BCUT2D eigenvalue weighted by Crippen LogP contribution is 2.18. The van der Waals surface area contributed by atoms with Gasteiger partial charge in [-0.25, -0.2) is 0 Å². The van der Waals surface area contributed by atoms with Gasteiger partial charge < -0.3 is 15.1 Å². The van der Waals surface area contributed by atoms with Crippen LogP contribution in [0.2, 0.25) is 0 Å². The Morgan fingerprint density at radius 1 is 1.39 bits per heavy atom. The van der Waals surface area contributed by atoms with Gasteiger partial charge in [-0.1, -0.05) is 0 Å². The Bertz CT molecular complexity index is 489. The largest absolute Gasteiger partial charge is 0.494 e. The molecule has 0 aliphatic carbocycles. The summed E-state index contributed by atoms with van der Waals surface area (Å²) in [6.45, 7) is 1.28. The lowest BCUT2D eigenvalue weighted by molar-refractivity contribution is 0.0650. The summed E-state index contributed by atoms with van der Waals surface area (Å²) in [7, 11) is 0. The standard InChI is InChI=1S/C12H16N2O4/c15-7-8-1-3-14(4-2-8)12(18)9-5-10(16)13-11(17)6-9/h5-6,8,15H,1-4,7H2,(H2,13,16,17). The lowest BCUT2D eigenvalue weighted by Crippen LogP contribution is -2.39. The normalized spacial score (nSPS) is 16.8. The molecule has 1 saturated heterocycles. The molecule has 6 nitrogen and oxygen atoms in total. The minimum Gasteiger partial charge on any atom is -0.494 e. The van der Waals surface area contributed by atoms with Gasteiger partial charge in [0.2, 0.25) is 0 Å². The summed E-state index contributed by atoms with van der Waals surface area (Å²) in [4.78, 5) is 27.1. The van der Waals surface area contributed by atoms with E-state index >= 15 is 0 Å². The fourth-order valence-electron chi connectivity index (χ4n) is 2.15. The number of nitrogens with zero attached hydrogens (tertiary/aromatic N) is 1. The average Bonchev–Trinajstić information content (AvgIpc) is 2.37. The first kappa shape index (κ1) is 12.6. The number of aromatic hydroxyl groups is 1. The zero-order valence-electron chi connectivity index (χ0n) is 9.93. The van der Waals surface area contributed by atoms with Crippen molar-refractivity contribution in [3.8, 4) is 5.88 Å². The maximum atomic E-state index is 12.1. The number of hydrogen-bond donors (Lipinski definition) is 3. The Kier molecular flexibility index (Phi) is 3.66. The Morgan fingerprint density at radius 2 is 2.06 bits per heavy atom. The van der Waals surface area contributed by atoms with Crippen LogP contribution in [0.25, 0.3) is 0 Å². The van der Waals surface area contributed by atoms with E-state index in [1.54, 1.807) is 4.90 Å². The molecule has 0 radical (unpaired) electrons. The Hall–Kier alpha value is -1.82. The second kappa shape index (κ2) is 5.22. The molecule has 0 atom stereocenters. The molecule has 0 unspecified atom stereocenters. The number of rotatable bonds is 2. The predicted molar refractivity (Wildman–Crippen MR) is 64.4 cm³/mol. The topological polar surface area (TPSA) is 93.6 Å². The smallest absolute Gasteiger partial charge is 0.254 e. The van der Waals surface area contributed by atoms with Crippen LogP contribution in [0.15, 0.2) is 16.9 Å². The molecule has 1 amide bonds. The van der Waals surface area contributed by atoms with E-state index in [-0.39, 0.29) is 29.9 Å². The van der Waals surface area contributed by atoms with E-state index in [0.717, 1.165) is 12.8 Å². The van der Waals surface area contributed by atoms with Crippen LogP contribution < -0.4 is 5.56 Å². The molecule has 3 N–H and O–H groups in total. The molecule has 6 heteroatoms. The number of nitrogens with one attached hydrogen (secondary N) is 1. The van der Waals surface area contributed by atoms with Gasteiger partial charge in [0.15, 0.2) is 5.88 Å². The van der Waals surface area contributed by atoms with Crippen LogP contribution in [0.3, 0.4) is 0 Å². The Balaban J connectivity index is 2.10. The van der Waals surface area contributed by atoms with Crippen molar-refractivity contribution >= 4 is 5.91 Å². The summed E-state index contributed by atoms with van der Waals surface area (Å²) in [5.41, 5.74) is -0.303. The molecule has 1 aromatic rings. The molecule has 1 aliphatic rings. The highest BCUT2D eigenvalue weighted by molar-refractivity contribution is 5.94. The summed E-state index contributed by atoms with van der Waals surface area (Å²) < 4.78 is 0. The molecular weight excluding hydrogens is 236 g/mol. The van der Waals surface area contributed by atoms with Gasteiger partial charge >= 0.3 is 0 Å². The number of amides is 1. The number of aliphatic hydroxyl groups excluding tert-OH is 1. The first-order valence-corrected chi connectivity index (χ1v) is 5.93. The van der Waals surface area contributed by atoms with Crippen molar-refractivity contribution in [2.75, 3.05) is 19.7 Å². The Morgan fingerprint density at radius 3 is 2.61 bits per heavy atom. The SMILES string of the molecule is O=C(c1cc(O)[nH]c(=O)c1)N1CCC(CO)CC1. The summed E-state index contributed by atoms with van der Waals surface area (Å²) in [6.07, 6.45) is 1.52. The van der Waals surface area contributed by atoms with E-state index in [1.807, 2.05) is 0 Å². The monoisotopic (exact) mass is 252 g/mol. The molecule has 18 heavy (non-hydrogen) atoms. The fourth-order valence-corrected chi connectivity index (χ4v) is 2.15. The molecule has 1 fully saturated rings. The number of piperidine rings is 1. The molecular formula is C12H16N2O4. The molecule has 1 aliphatic heterocycles. The van der Waals surface area contributed by atoms with Crippen LogP contribution in [0.5, 0.6) is 5.88 Å². The van der Waals surface area contributed by atoms with E-state index in [1.165, 1.54) is 12.1 Å². The first-order valence-electron chi connectivity index (χ1n) is 5.93. The van der Waals surface area contributed by atoms with Crippen LogP contribution in [-0.2, 0) is 0 Å². The predicted octanol–water partition coefficient (Wildman–Crippen LogP) is -0.0750. The maximum Gasteiger partial charge on any atom is 0.254 e. The number of aromatic amines is 1. The van der Waals surface area contributed by atoms with Crippen LogP contribution in [0.4, 0.5) is 0 Å². The highest BCUT2D eigenvalue weighted by atomic mass is 16.3. The molecule has 0 aromatic carbocycles. The van der Waals surface area contributed by atoms with Gasteiger partial charge in [-0.05, 0) is 18.8 Å². The number of hydrogen-bond acceptors (Lipinski definition) is 4. The van der Waals surface area contributed by atoms with Gasteiger partial charge in [-0.3, -0.25) is 14.6 Å². The first-order chi connectivity index (χ1) is 8.60. The molecule has 2 rings (SSSR count). The van der Waals surface area contributed by atoms with Crippen molar-refractivity contribution in [1.29, 1.82) is 0 Å². The summed E-state index contributed by atoms with van der Waals surface area (Å²) in [5.74, 6) is -0.314. The third-order valence-electron chi connectivity index (χ3n) is 3.24. The molecule has 2 heterocycles. The van der Waals surface area contributed by atoms with Crippen LogP contribution in [0.1, 0.15) is 23.2 Å². The minimum absolute atomic E-state index is 0.147. The van der Waals surface area contributed by atoms with Crippen LogP contribution >= 0.6 is 0 Å². The molecule has 98 valence electrons. The zero-order chi connectivity index (χ0) is 13.1. The van der Waals surface area contributed by atoms with Gasteiger partial charge in [0.25, 0.3) is 11.5 Å². The van der Waals surface area contributed by atoms with E-state index < -0.39 is 5.56 Å². The van der Waals surface area contributed by atoms with Gasteiger partial charge in [-0.2, -0.15) is 0 Å². The van der Waals surface area contributed by atoms with Gasteiger partial charge in [0.05, 0.1) is 5.56 Å². The van der Waals surface area contributed by atoms with Crippen molar-refractivity contribution in [3.05, 3.63) is 28.0 Å². The van der Waals surface area contributed by atoms with Crippen molar-refractivity contribution in [2.45, 2.75) is 12.8 Å². The maximum absolute atomic E-state index is 12.1. The average molecular weight is 252 g/mol. The summed E-state index contributed by atoms with van der Waals surface area (Å²) in [5, 5.41) is 18.3. The second-order valence-electron chi connectivity index (χ2n) is 4.54. The van der Waals surface area contributed by atoms with Crippen molar-refractivity contribution in [3.63, 3.8) is 0 Å². The lowest BCUT2D eigenvalue weighted by atomic mass is 9.97. The third-order valence-corrected chi connectivity index (χ3v) is 3.24.